The third kappa shape index (κ3) is 3.32. The van der Waals surface area contributed by atoms with Crippen LogP contribution in [-0.4, -0.2) is 31.3 Å². The molecule has 0 radical (unpaired) electrons. The first-order chi connectivity index (χ1) is 12.6. The molecule has 5 nitrogen and oxygen atoms in total. The van der Waals surface area contributed by atoms with Crippen molar-refractivity contribution >= 4 is 11.0 Å². The van der Waals surface area contributed by atoms with E-state index >= 15 is 0 Å². The minimum Gasteiger partial charge on any atom is -0.505 e. The van der Waals surface area contributed by atoms with E-state index in [2.05, 4.69) is 31.0 Å². The van der Waals surface area contributed by atoms with Crippen molar-refractivity contribution in [3.8, 4) is 11.4 Å². The third-order valence-corrected chi connectivity index (χ3v) is 6.00. The van der Waals surface area contributed by atoms with Crippen LogP contribution >= 0.6 is 0 Å². The van der Waals surface area contributed by atoms with Crippen LogP contribution in [0.3, 0.4) is 0 Å². The molecule has 5 heteroatoms. The van der Waals surface area contributed by atoms with Crippen molar-refractivity contribution in [1.29, 1.82) is 0 Å². The summed E-state index contributed by atoms with van der Waals surface area (Å²) in [6.07, 6.45) is 0.321. The van der Waals surface area contributed by atoms with Gasteiger partial charge in [-0.05, 0) is 42.5 Å². The van der Waals surface area contributed by atoms with Crippen LogP contribution in [0.1, 0.15) is 59.1 Å². The molecular weight excluding hydrogens is 338 g/mol. The summed E-state index contributed by atoms with van der Waals surface area (Å²) >= 11 is 0. The minimum absolute atomic E-state index is 0.0848. The summed E-state index contributed by atoms with van der Waals surface area (Å²) in [5.41, 5.74) is 3.16. The lowest BCUT2D eigenvalue weighted by atomic mass is 9.75. The average Bonchev–Trinajstić information content (AvgIpc) is 3.05. The Balaban J connectivity index is 2.31. The molecule has 0 saturated heterocycles. The molecule has 0 aliphatic carbocycles. The largest absolute Gasteiger partial charge is 0.505 e. The summed E-state index contributed by atoms with van der Waals surface area (Å²) in [4.78, 5) is 1.50. The second-order valence-corrected chi connectivity index (χ2v) is 8.50. The molecule has 1 unspecified atom stereocenters. The number of hydrogen-bond donors (Lipinski definition) is 2. The summed E-state index contributed by atoms with van der Waals surface area (Å²) < 4.78 is 0. The number of benzene rings is 2. The molecule has 27 heavy (non-hydrogen) atoms. The van der Waals surface area contributed by atoms with Crippen molar-refractivity contribution in [3.63, 3.8) is 0 Å². The van der Waals surface area contributed by atoms with Crippen LogP contribution in [0.5, 0.6) is 5.75 Å². The molecule has 0 fully saturated rings. The zero-order chi connectivity index (χ0) is 20.0. The predicted molar refractivity (Wildman–Crippen MR) is 109 cm³/mol. The second kappa shape index (κ2) is 6.64. The van der Waals surface area contributed by atoms with Gasteiger partial charge in [-0.25, -0.2) is 0 Å². The quantitative estimate of drug-likeness (QED) is 0.698. The number of phenolic OH excluding ortho intramolecular Hbond substituents is 1. The fourth-order valence-corrected chi connectivity index (χ4v) is 3.05. The predicted octanol–water partition coefficient (Wildman–Crippen LogP) is 4.47. The maximum atomic E-state index is 11.1. The van der Waals surface area contributed by atoms with Crippen molar-refractivity contribution in [2.75, 3.05) is 0 Å². The molecule has 0 spiro atoms. The molecule has 0 aliphatic rings. The number of nitrogens with zero attached hydrogens (tertiary/aromatic N) is 3. The van der Waals surface area contributed by atoms with E-state index in [9.17, 15) is 10.2 Å². The molecule has 2 N–H and O–H groups in total. The van der Waals surface area contributed by atoms with E-state index in [1.165, 1.54) is 4.80 Å². The fraction of sp³-hybridized carbons (Fsp3) is 0.455. The van der Waals surface area contributed by atoms with E-state index in [4.69, 9.17) is 0 Å². The van der Waals surface area contributed by atoms with Crippen LogP contribution in [0.4, 0.5) is 0 Å². The highest BCUT2D eigenvalue weighted by Crippen LogP contribution is 2.41. The van der Waals surface area contributed by atoms with Crippen molar-refractivity contribution in [1.82, 2.24) is 15.0 Å². The van der Waals surface area contributed by atoms with E-state index in [0.29, 0.717) is 11.3 Å². The molecule has 0 saturated carbocycles. The first-order valence-electron chi connectivity index (χ1n) is 9.46. The van der Waals surface area contributed by atoms with Crippen LogP contribution in [0, 0.1) is 0 Å². The van der Waals surface area contributed by atoms with Gasteiger partial charge in [0.05, 0.1) is 6.10 Å². The highest BCUT2D eigenvalue weighted by Gasteiger charge is 2.33. The van der Waals surface area contributed by atoms with E-state index in [0.717, 1.165) is 23.0 Å². The first kappa shape index (κ1) is 19.4. The molecule has 3 rings (SSSR count). The summed E-state index contributed by atoms with van der Waals surface area (Å²) in [5, 5.41) is 30.5. The fourth-order valence-electron chi connectivity index (χ4n) is 3.05. The minimum atomic E-state index is -0.624. The monoisotopic (exact) mass is 367 g/mol. The van der Waals surface area contributed by atoms with Gasteiger partial charge in [0.25, 0.3) is 0 Å². The maximum Gasteiger partial charge on any atom is 0.146 e. The van der Waals surface area contributed by atoms with Crippen LogP contribution in [0.2, 0.25) is 0 Å². The van der Waals surface area contributed by atoms with Gasteiger partial charge in [-0.15, -0.1) is 15.0 Å². The van der Waals surface area contributed by atoms with Gasteiger partial charge in [-0.3, -0.25) is 0 Å². The van der Waals surface area contributed by atoms with Crippen molar-refractivity contribution in [2.45, 2.75) is 64.9 Å². The number of hydrogen-bond acceptors (Lipinski definition) is 4. The Kier molecular flexibility index (Phi) is 4.76. The van der Waals surface area contributed by atoms with E-state index in [-0.39, 0.29) is 11.2 Å². The SMILES string of the molecule is CCC(C)(C)c1cc(-n2nc3ccccc3n2)c(O)c(C(C)(C)C(C)O)c1. The third-order valence-electron chi connectivity index (χ3n) is 6.00. The van der Waals surface area contributed by atoms with E-state index in [1.807, 2.05) is 50.2 Å². The number of phenols is 1. The Bertz CT molecular complexity index is 938. The first-order valence-corrected chi connectivity index (χ1v) is 9.46. The summed E-state index contributed by atoms with van der Waals surface area (Å²) in [6, 6.07) is 11.6. The van der Waals surface area contributed by atoms with Gasteiger partial charge >= 0.3 is 0 Å². The molecule has 144 valence electrons. The van der Waals surface area contributed by atoms with Gasteiger partial charge in [0, 0.05) is 11.0 Å². The normalized spacial score (nSPS) is 13.9. The second-order valence-electron chi connectivity index (χ2n) is 8.50. The molecule has 0 aliphatic heterocycles. The number of aromatic hydroxyl groups is 1. The Labute approximate surface area is 160 Å². The van der Waals surface area contributed by atoms with Crippen LogP contribution in [0.25, 0.3) is 16.7 Å². The van der Waals surface area contributed by atoms with Gasteiger partial charge in [-0.2, -0.15) is 0 Å². The van der Waals surface area contributed by atoms with Crippen LogP contribution in [-0.2, 0) is 10.8 Å². The molecule has 0 bridgehead atoms. The van der Waals surface area contributed by atoms with E-state index < -0.39 is 11.5 Å². The molecule has 2 aromatic carbocycles. The molecule has 1 aromatic heterocycles. The topological polar surface area (TPSA) is 71.2 Å². The lowest BCUT2D eigenvalue weighted by Crippen LogP contribution is -2.32. The van der Waals surface area contributed by atoms with Gasteiger partial charge < -0.3 is 10.2 Å². The van der Waals surface area contributed by atoms with Crippen LogP contribution < -0.4 is 0 Å². The molecular formula is C22H29N3O2. The van der Waals surface area contributed by atoms with Crippen molar-refractivity contribution in [3.05, 3.63) is 47.5 Å². The van der Waals surface area contributed by atoms with Crippen LogP contribution in [0.15, 0.2) is 36.4 Å². The number of fused-ring (bicyclic) bond motifs is 1. The highest BCUT2D eigenvalue weighted by atomic mass is 16.3. The standard InChI is InChI=1S/C22H29N3O2/c1-7-21(3,4)15-12-16(22(5,6)14(2)26)20(27)19(13-15)25-23-17-10-8-9-11-18(17)24-25/h8-14,26-27H,7H2,1-6H3. The lowest BCUT2D eigenvalue weighted by Gasteiger charge is -2.32. The van der Waals surface area contributed by atoms with Crippen molar-refractivity contribution in [2.24, 2.45) is 0 Å². The Morgan fingerprint density at radius 2 is 1.59 bits per heavy atom. The maximum absolute atomic E-state index is 11.1. The molecule has 1 atom stereocenters. The summed E-state index contributed by atoms with van der Waals surface area (Å²) in [6.45, 7) is 12.1. The lowest BCUT2D eigenvalue weighted by molar-refractivity contribution is 0.116. The van der Waals surface area contributed by atoms with Gasteiger partial charge in [0.15, 0.2) is 0 Å². The zero-order valence-corrected chi connectivity index (χ0v) is 17.0. The zero-order valence-electron chi connectivity index (χ0n) is 17.0. The number of aliphatic hydroxyl groups excluding tert-OH is 1. The van der Waals surface area contributed by atoms with Gasteiger partial charge in [-0.1, -0.05) is 52.8 Å². The Morgan fingerprint density at radius 3 is 2.07 bits per heavy atom. The smallest absolute Gasteiger partial charge is 0.146 e. The van der Waals surface area contributed by atoms with E-state index in [1.54, 1.807) is 6.92 Å². The summed E-state index contributed by atoms with van der Waals surface area (Å²) in [7, 11) is 0. The molecule has 0 amide bonds. The Hall–Kier alpha value is -2.40. The van der Waals surface area contributed by atoms with Crippen molar-refractivity contribution < 1.29 is 10.2 Å². The highest BCUT2D eigenvalue weighted by molar-refractivity contribution is 5.74. The average molecular weight is 367 g/mol. The molecule has 1 heterocycles. The van der Waals surface area contributed by atoms with Gasteiger partial charge in [0.2, 0.25) is 0 Å². The Morgan fingerprint density at radius 1 is 1.04 bits per heavy atom. The number of aromatic nitrogens is 3. The molecule has 3 aromatic rings. The number of rotatable bonds is 5. The summed E-state index contributed by atoms with van der Waals surface area (Å²) in [5.74, 6) is 0.108. The van der Waals surface area contributed by atoms with Gasteiger partial charge in [0.1, 0.15) is 22.5 Å². The number of aliphatic hydroxyl groups is 1.